The zero-order valence-corrected chi connectivity index (χ0v) is 15.6. The van der Waals surface area contributed by atoms with Crippen LogP contribution in [0.15, 0.2) is 58.6 Å². The molecule has 0 atom stereocenters. The summed E-state index contributed by atoms with van der Waals surface area (Å²) in [7, 11) is 1.55. The van der Waals surface area contributed by atoms with Crippen LogP contribution >= 0.6 is 28.1 Å². The number of amides is 2. The van der Waals surface area contributed by atoms with E-state index in [0.717, 1.165) is 4.47 Å². The number of nitrogens with zero attached hydrogens (tertiary/aromatic N) is 1. The van der Waals surface area contributed by atoms with Crippen LogP contribution in [0.25, 0.3) is 6.08 Å². The molecule has 0 aliphatic carbocycles. The molecule has 1 fully saturated rings. The second-order valence-corrected chi connectivity index (χ2v) is 6.52. The Morgan fingerprint density at radius 2 is 1.88 bits per heavy atom. The third-order valence-electron chi connectivity index (χ3n) is 3.56. The number of methoxy groups -OCH3 is 1. The van der Waals surface area contributed by atoms with Crippen molar-refractivity contribution in [1.29, 1.82) is 0 Å². The highest BCUT2D eigenvalue weighted by molar-refractivity contribution is 9.10. The largest absolute Gasteiger partial charge is 0.497 e. The molecule has 2 amide bonds. The van der Waals surface area contributed by atoms with Gasteiger partial charge in [-0.15, -0.1) is 0 Å². The normalized spacial score (nSPS) is 16.2. The molecule has 0 spiro atoms. The fraction of sp³-hybridized carbons (Fsp3) is 0.0556. The highest BCUT2D eigenvalue weighted by Crippen LogP contribution is 2.25. The van der Waals surface area contributed by atoms with E-state index in [1.165, 1.54) is 11.0 Å². The predicted octanol–water partition coefficient (Wildman–Crippen LogP) is 3.29. The Labute approximate surface area is 158 Å². The van der Waals surface area contributed by atoms with Crippen LogP contribution in [0.2, 0.25) is 0 Å². The zero-order chi connectivity index (χ0) is 18.0. The van der Waals surface area contributed by atoms with Crippen LogP contribution in [0, 0.1) is 0 Å². The van der Waals surface area contributed by atoms with Crippen molar-refractivity contribution in [3.8, 4) is 5.75 Å². The number of ether oxygens (including phenoxy) is 1. The van der Waals surface area contributed by atoms with Crippen LogP contribution in [-0.4, -0.2) is 24.0 Å². The van der Waals surface area contributed by atoms with Crippen LogP contribution in [0.3, 0.4) is 0 Å². The van der Waals surface area contributed by atoms with E-state index in [4.69, 9.17) is 17.0 Å². The monoisotopic (exact) mass is 416 g/mol. The summed E-state index contributed by atoms with van der Waals surface area (Å²) < 4.78 is 5.99. The number of hydrogen-bond donors (Lipinski definition) is 1. The molecule has 25 heavy (non-hydrogen) atoms. The highest BCUT2D eigenvalue weighted by atomic mass is 79.9. The van der Waals surface area contributed by atoms with Crippen molar-refractivity contribution >= 4 is 56.8 Å². The molecule has 0 aromatic heterocycles. The Morgan fingerprint density at radius 3 is 2.56 bits per heavy atom. The van der Waals surface area contributed by atoms with Crippen molar-refractivity contribution in [2.45, 2.75) is 0 Å². The fourth-order valence-corrected chi connectivity index (χ4v) is 3.19. The first-order valence-corrected chi connectivity index (χ1v) is 8.51. The molecule has 2 aromatic rings. The Morgan fingerprint density at radius 1 is 1.16 bits per heavy atom. The van der Waals surface area contributed by atoms with E-state index in [1.54, 1.807) is 49.6 Å². The van der Waals surface area contributed by atoms with Gasteiger partial charge in [-0.2, -0.15) is 0 Å². The van der Waals surface area contributed by atoms with Crippen molar-refractivity contribution in [2.75, 3.05) is 12.0 Å². The molecule has 1 aliphatic rings. The molecule has 1 heterocycles. The van der Waals surface area contributed by atoms with Gasteiger partial charge in [-0.25, -0.2) is 0 Å². The number of hydrogen-bond acceptors (Lipinski definition) is 4. The van der Waals surface area contributed by atoms with E-state index in [9.17, 15) is 9.59 Å². The quantitative estimate of drug-likeness (QED) is 0.473. The summed E-state index contributed by atoms with van der Waals surface area (Å²) in [5.41, 5.74) is 1.25. The summed E-state index contributed by atoms with van der Waals surface area (Å²) >= 11 is 8.54. The summed E-state index contributed by atoms with van der Waals surface area (Å²) in [4.78, 5) is 26.4. The Balaban J connectivity index is 2.03. The molecule has 1 saturated heterocycles. The van der Waals surface area contributed by atoms with Gasteiger partial charge in [0.05, 0.1) is 12.8 Å². The lowest BCUT2D eigenvalue weighted by Crippen LogP contribution is -2.54. The fourth-order valence-electron chi connectivity index (χ4n) is 2.42. The molecule has 2 aromatic carbocycles. The number of rotatable bonds is 3. The van der Waals surface area contributed by atoms with Gasteiger partial charge < -0.3 is 4.74 Å². The van der Waals surface area contributed by atoms with E-state index in [-0.39, 0.29) is 10.7 Å². The molecule has 3 rings (SSSR count). The van der Waals surface area contributed by atoms with Gasteiger partial charge in [0.1, 0.15) is 11.3 Å². The molecule has 0 saturated carbocycles. The smallest absolute Gasteiger partial charge is 0.270 e. The van der Waals surface area contributed by atoms with Crippen LogP contribution < -0.4 is 15.0 Å². The Hall–Kier alpha value is -2.51. The van der Waals surface area contributed by atoms with E-state index in [2.05, 4.69) is 21.2 Å². The first-order valence-electron chi connectivity index (χ1n) is 7.30. The summed E-state index contributed by atoms with van der Waals surface area (Å²) in [6.07, 6.45) is 1.52. The lowest BCUT2D eigenvalue weighted by atomic mass is 10.1. The van der Waals surface area contributed by atoms with Gasteiger partial charge in [0.2, 0.25) is 0 Å². The highest BCUT2D eigenvalue weighted by Gasteiger charge is 2.34. The van der Waals surface area contributed by atoms with Crippen LogP contribution in [0.1, 0.15) is 5.56 Å². The van der Waals surface area contributed by atoms with E-state index in [1.807, 2.05) is 6.07 Å². The minimum absolute atomic E-state index is 0.00222. The maximum absolute atomic E-state index is 12.9. The Kier molecular flexibility index (Phi) is 4.96. The van der Waals surface area contributed by atoms with Crippen LogP contribution in [0.4, 0.5) is 5.69 Å². The minimum Gasteiger partial charge on any atom is -0.497 e. The first-order chi connectivity index (χ1) is 12.0. The molecular weight excluding hydrogens is 404 g/mol. The third kappa shape index (κ3) is 3.62. The molecule has 0 unspecified atom stereocenters. The average molecular weight is 417 g/mol. The molecule has 1 N–H and O–H groups in total. The molecule has 7 heteroatoms. The number of benzene rings is 2. The summed E-state index contributed by atoms with van der Waals surface area (Å²) in [6, 6.07) is 14.2. The van der Waals surface area contributed by atoms with Gasteiger partial charge in [-0.3, -0.25) is 19.8 Å². The summed E-state index contributed by atoms with van der Waals surface area (Å²) in [5, 5.41) is 2.62. The average Bonchev–Trinajstić information content (AvgIpc) is 2.59. The summed E-state index contributed by atoms with van der Waals surface area (Å²) in [6.45, 7) is 0. The van der Waals surface area contributed by atoms with Gasteiger partial charge in [-0.05, 0) is 54.2 Å². The number of carbonyl (C=O) groups is 2. The van der Waals surface area contributed by atoms with Gasteiger partial charge in [0, 0.05) is 4.47 Å². The third-order valence-corrected chi connectivity index (χ3v) is 4.30. The van der Waals surface area contributed by atoms with Gasteiger partial charge >= 0.3 is 0 Å². The summed E-state index contributed by atoms with van der Waals surface area (Å²) in [5.74, 6) is -0.389. The Bertz CT molecular complexity index is 896. The van der Waals surface area contributed by atoms with Crippen LogP contribution in [-0.2, 0) is 9.59 Å². The van der Waals surface area contributed by atoms with Gasteiger partial charge in [0.25, 0.3) is 11.8 Å². The molecular formula is C18H13BrN2O3S. The number of para-hydroxylation sites is 1. The number of nitrogens with one attached hydrogen (secondary N) is 1. The first kappa shape index (κ1) is 17.3. The van der Waals surface area contributed by atoms with E-state index in [0.29, 0.717) is 17.0 Å². The maximum atomic E-state index is 12.9. The maximum Gasteiger partial charge on any atom is 0.270 e. The number of anilines is 1. The molecule has 1 aliphatic heterocycles. The number of carbonyl (C=O) groups excluding carboxylic acids is 2. The number of thiocarbonyl (C=S) groups is 1. The second-order valence-electron chi connectivity index (χ2n) is 5.22. The molecule has 5 nitrogen and oxygen atoms in total. The lowest BCUT2D eigenvalue weighted by molar-refractivity contribution is -0.122. The van der Waals surface area contributed by atoms with Crippen molar-refractivity contribution in [2.24, 2.45) is 0 Å². The van der Waals surface area contributed by atoms with Gasteiger partial charge in [0.15, 0.2) is 5.11 Å². The van der Waals surface area contributed by atoms with Crippen molar-refractivity contribution in [3.63, 3.8) is 0 Å². The predicted molar refractivity (Wildman–Crippen MR) is 103 cm³/mol. The molecule has 0 radical (unpaired) electrons. The van der Waals surface area contributed by atoms with Crippen molar-refractivity contribution in [1.82, 2.24) is 5.32 Å². The second kappa shape index (κ2) is 7.16. The molecule has 126 valence electrons. The standard InChI is InChI=1S/C18H13BrN2O3S/c1-24-14-8-11(7-12(19)10-14)9-15-16(22)20-18(25)21(17(15)23)13-5-3-2-4-6-13/h2-10H,1H3,(H,20,22,25)/b15-9-. The van der Waals surface area contributed by atoms with E-state index >= 15 is 0 Å². The minimum atomic E-state index is -0.527. The number of halogens is 1. The van der Waals surface area contributed by atoms with Crippen molar-refractivity contribution in [3.05, 3.63) is 64.1 Å². The zero-order valence-electron chi connectivity index (χ0n) is 13.2. The van der Waals surface area contributed by atoms with Gasteiger partial charge in [-0.1, -0.05) is 34.1 Å². The molecule has 0 bridgehead atoms. The van der Waals surface area contributed by atoms with Crippen LogP contribution in [0.5, 0.6) is 5.75 Å². The topological polar surface area (TPSA) is 58.6 Å². The SMILES string of the molecule is COc1cc(Br)cc(/C=C2/C(=O)NC(=S)N(c3ccccc3)C2=O)c1. The van der Waals surface area contributed by atoms with E-state index < -0.39 is 11.8 Å². The van der Waals surface area contributed by atoms with Crippen molar-refractivity contribution < 1.29 is 14.3 Å². The lowest BCUT2D eigenvalue weighted by Gasteiger charge is -2.28.